The molecule has 1 aromatic heterocycles. The van der Waals surface area contributed by atoms with Gasteiger partial charge in [0.2, 0.25) is 10.0 Å². The number of thiazole rings is 1. The van der Waals surface area contributed by atoms with Crippen LogP contribution in [0.4, 0.5) is 10.9 Å². The molecule has 1 aromatic rings. The van der Waals surface area contributed by atoms with Crippen LogP contribution < -0.4 is 10.0 Å². The number of hydrogen-bond donors (Lipinski definition) is 1. The van der Waals surface area contributed by atoms with Gasteiger partial charge in [-0.2, -0.15) is 0 Å². The molecule has 0 amide bonds. The molecule has 0 fully saturated rings. The lowest BCUT2D eigenvalue weighted by Crippen LogP contribution is -2.25. The molecule has 2 N–H and O–H groups in total. The standard InChI is InChI=1S/C5H9N3O2S2/c1-8(12(2,9)10)4-3-11-5(6)7-4/h3H,1-2H3,(H2,6,7). The van der Waals surface area contributed by atoms with Crippen molar-refractivity contribution in [3.05, 3.63) is 5.38 Å². The number of hydrogen-bond acceptors (Lipinski definition) is 5. The van der Waals surface area contributed by atoms with Gasteiger partial charge >= 0.3 is 0 Å². The smallest absolute Gasteiger partial charge is 0.233 e. The Morgan fingerprint density at radius 3 is 2.58 bits per heavy atom. The molecule has 0 aliphatic heterocycles. The van der Waals surface area contributed by atoms with Gasteiger partial charge in [-0.05, 0) is 0 Å². The maximum Gasteiger partial charge on any atom is 0.233 e. The van der Waals surface area contributed by atoms with Crippen LogP contribution in [0.1, 0.15) is 0 Å². The first-order valence-electron chi connectivity index (χ1n) is 3.06. The summed E-state index contributed by atoms with van der Waals surface area (Å²) in [4.78, 5) is 3.82. The van der Waals surface area contributed by atoms with Crippen molar-refractivity contribution < 1.29 is 8.42 Å². The molecule has 0 spiro atoms. The second-order valence-corrected chi connectivity index (χ2v) is 5.18. The fraction of sp³-hybridized carbons (Fsp3) is 0.400. The number of nitrogen functional groups attached to an aromatic ring is 1. The Morgan fingerprint density at radius 2 is 2.25 bits per heavy atom. The van der Waals surface area contributed by atoms with Crippen molar-refractivity contribution in [2.75, 3.05) is 23.3 Å². The highest BCUT2D eigenvalue weighted by Crippen LogP contribution is 2.20. The van der Waals surface area contributed by atoms with E-state index in [0.717, 1.165) is 10.6 Å². The molecule has 1 heterocycles. The topological polar surface area (TPSA) is 76.3 Å². The third-order valence-corrected chi connectivity index (χ3v) is 3.17. The Kier molecular flexibility index (Phi) is 2.25. The van der Waals surface area contributed by atoms with Crippen molar-refractivity contribution in [3.63, 3.8) is 0 Å². The Labute approximate surface area is 74.9 Å². The van der Waals surface area contributed by atoms with Crippen LogP contribution >= 0.6 is 11.3 Å². The van der Waals surface area contributed by atoms with E-state index in [0.29, 0.717) is 10.9 Å². The zero-order chi connectivity index (χ0) is 9.35. The van der Waals surface area contributed by atoms with E-state index in [1.54, 1.807) is 5.38 Å². The van der Waals surface area contributed by atoms with Gasteiger partial charge in [0, 0.05) is 12.4 Å². The van der Waals surface area contributed by atoms with Crippen LogP contribution in [0, 0.1) is 0 Å². The minimum Gasteiger partial charge on any atom is -0.375 e. The van der Waals surface area contributed by atoms with Gasteiger partial charge in [0.15, 0.2) is 10.9 Å². The second-order valence-electron chi connectivity index (χ2n) is 2.27. The lowest BCUT2D eigenvalue weighted by atomic mass is 10.8. The van der Waals surface area contributed by atoms with Gasteiger partial charge in [-0.3, -0.25) is 4.31 Å². The van der Waals surface area contributed by atoms with Gasteiger partial charge in [-0.15, -0.1) is 11.3 Å². The van der Waals surface area contributed by atoms with Crippen LogP contribution in [-0.2, 0) is 10.0 Å². The number of nitrogens with two attached hydrogens (primary N) is 1. The van der Waals surface area contributed by atoms with Crippen molar-refractivity contribution >= 4 is 32.3 Å². The molecule has 0 aliphatic rings. The minimum atomic E-state index is -3.22. The molecule has 0 saturated heterocycles. The SMILES string of the molecule is CN(c1csc(N)n1)S(C)(=O)=O. The molecule has 7 heteroatoms. The molecular formula is C5H9N3O2S2. The maximum absolute atomic E-state index is 11.0. The van der Waals surface area contributed by atoms with Crippen LogP contribution in [0.2, 0.25) is 0 Å². The predicted molar refractivity (Wildman–Crippen MR) is 49.8 cm³/mol. The highest BCUT2D eigenvalue weighted by Gasteiger charge is 2.13. The van der Waals surface area contributed by atoms with Crippen LogP contribution in [0.5, 0.6) is 0 Å². The van der Waals surface area contributed by atoms with Gasteiger partial charge < -0.3 is 5.73 Å². The van der Waals surface area contributed by atoms with Crippen LogP contribution in [0.3, 0.4) is 0 Å². The average Bonchev–Trinajstić information content (AvgIpc) is 2.32. The zero-order valence-electron chi connectivity index (χ0n) is 6.68. The molecule has 0 atom stereocenters. The molecule has 5 nitrogen and oxygen atoms in total. The summed E-state index contributed by atoms with van der Waals surface area (Å²) in [5, 5.41) is 1.96. The Morgan fingerprint density at radius 1 is 1.67 bits per heavy atom. The fourth-order valence-electron chi connectivity index (χ4n) is 0.593. The minimum absolute atomic E-state index is 0.361. The lowest BCUT2D eigenvalue weighted by molar-refractivity contribution is 0.600. The van der Waals surface area contributed by atoms with Gasteiger partial charge in [-0.1, -0.05) is 0 Å². The quantitative estimate of drug-likeness (QED) is 0.747. The Bertz CT molecular complexity index is 370. The van der Waals surface area contributed by atoms with Crippen molar-refractivity contribution in [2.45, 2.75) is 0 Å². The number of nitrogens with zero attached hydrogens (tertiary/aromatic N) is 2. The number of rotatable bonds is 2. The molecule has 1 rings (SSSR count). The third kappa shape index (κ3) is 1.86. The first-order valence-corrected chi connectivity index (χ1v) is 5.79. The molecule has 68 valence electrons. The largest absolute Gasteiger partial charge is 0.375 e. The van der Waals surface area contributed by atoms with E-state index >= 15 is 0 Å². The molecule has 0 radical (unpaired) electrons. The lowest BCUT2D eigenvalue weighted by Gasteiger charge is -2.11. The highest BCUT2D eigenvalue weighted by molar-refractivity contribution is 7.92. The van der Waals surface area contributed by atoms with Crippen molar-refractivity contribution in [1.82, 2.24) is 4.98 Å². The van der Waals surface area contributed by atoms with Crippen molar-refractivity contribution in [1.29, 1.82) is 0 Å². The summed E-state index contributed by atoms with van der Waals surface area (Å²) in [5.41, 5.74) is 5.35. The molecule has 12 heavy (non-hydrogen) atoms. The summed E-state index contributed by atoms with van der Waals surface area (Å²) in [6.45, 7) is 0. The van der Waals surface area contributed by atoms with E-state index in [1.165, 1.54) is 18.4 Å². The number of anilines is 2. The summed E-state index contributed by atoms with van der Waals surface area (Å²) in [7, 11) is -1.79. The highest BCUT2D eigenvalue weighted by atomic mass is 32.2. The summed E-state index contributed by atoms with van der Waals surface area (Å²) in [5.74, 6) is 0.361. The van der Waals surface area contributed by atoms with E-state index < -0.39 is 10.0 Å². The van der Waals surface area contributed by atoms with E-state index in [2.05, 4.69) is 4.98 Å². The van der Waals surface area contributed by atoms with Crippen LogP contribution in [0.25, 0.3) is 0 Å². The van der Waals surface area contributed by atoms with Gasteiger partial charge in [0.25, 0.3) is 0 Å². The van der Waals surface area contributed by atoms with E-state index in [1.807, 2.05) is 0 Å². The molecule has 0 aromatic carbocycles. The van der Waals surface area contributed by atoms with E-state index in [9.17, 15) is 8.42 Å². The molecule has 0 saturated carbocycles. The van der Waals surface area contributed by atoms with Gasteiger partial charge in [0.05, 0.1) is 6.26 Å². The second kappa shape index (κ2) is 2.91. The monoisotopic (exact) mass is 207 g/mol. The van der Waals surface area contributed by atoms with Gasteiger partial charge in [-0.25, -0.2) is 13.4 Å². The molecular weight excluding hydrogens is 198 g/mol. The molecule has 0 unspecified atom stereocenters. The van der Waals surface area contributed by atoms with E-state index in [-0.39, 0.29) is 0 Å². The number of sulfonamides is 1. The van der Waals surface area contributed by atoms with Gasteiger partial charge in [0.1, 0.15) is 0 Å². The third-order valence-electron chi connectivity index (χ3n) is 1.33. The van der Waals surface area contributed by atoms with Crippen molar-refractivity contribution in [2.24, 2.45) is 0 Å². The van der Waals surface area contributed by atoms with E-state index in [4.69, 9.17) is 5.73 Å². The predicted octanol–water partition coefficient (Wildman–Crippen LogP) is 0.121. The molecule has 0 bridgehead atoms. The maximum atomic E-state index is 11.0. The summed E-state index contributed by atoms with van der Waals surface area (Å²) in [6.07, 6.45) is 1.11. The first-order chi connectivity index (χ1) is 5.41. The zero-order valence-corrected chi connectivity index (χ0v) is 8.32. The Hall–Kier alpha value is -0.820. The van der Waals surface area contributed by atoms with Crippen molar-refractivity contribution in [3.8, 4) is 0 Å². The van der Waals surface area contributed by atoms with Crippen LogP contribution in [-0.4, -0.2) is 26.7 Å². The summed E-state index contributed by atoms with van der Waals surface area (Å²) < 4.78 is 23.1. The summed E-state index contributed by atoms with van der Waals surface area (Å²) >= 11 is 1.21. The summed E-state index contributed by atoms with van der Waals surface area (Å²) in [6, 6.07) is 0. The average molecular weight is 207 g/mol. The fourth-order valence-corrected chi connectivity index (χ4v) is 1.68. The molecule has 0 aliphatic carbocycles. The number of aromatic nitrogens is 1. The first kappa shape index (κ1) is 9.27. The Balaban J connectivity index is 3.01. The normalized spacial score (nSPS) is 11.5. The van der Waals surface area contributed by atoms with Crippen LogP contribution in [0.15, 0.2) is 5.38 Å².